The first-order chi connectivity index (χ1) is 16.2. The van der Waals surface area contributed by atoms with Gasteiger partial charge in [0.25, 0.3) is 5.88 Å². The lowest BCUT2D eigenvalue weighted by Crippen LogP contribution is -2.18. The third-order valence-electron chi connectivity index (χ3n) is 5.31. The lowest BCUT2D eigenvalue weighted by atomic mass is 9.95. The highest BCUT2D eigenvalue weighted by Gasteiger charge is 2.22. The Morgan fingerprint density at radius 3 is 1.94 bits per heavy atom. The molecule has 0 aliphatic carbocycles. The minimum atomic E-state index is -0.0297. The number of rotatable bonds is 10. The summed E-state index contributed by atoms with van der Waals surface area (Å²) in [5.74, 6) is 0.956. The standard InChI is InChI=1S/C27H26IN3O2/c28-24-13-11-20(12-14-24)15-23(16-29)25-26(32-17-21-7-3-1-4-8-21)27(31-19-30-25)33-18-22-9-5-2-6-10-22/h1-14,19,23H,15-18,29H2. The quantitative estimate of drug-likeness (QED) is 0.263. The SMILES string of the molecule is NCC(Cc1ccc(I)cc1)c1ncnc(OCc2ccccc2)c1OCc1ccccc1. The Morgan fingerprint density at radius 1 is 0.727 bits per heavy atom. The van der Waals surface area contributed by atoms with E-state index < -0.39 is 0 Å². The van der Waals surface area contributed by atoms with Crippen molar-refractivity contribution in [3.63, 3.8) is 0 Å². The summed E-state index contributed by atoms with van der Waals surface area (Å²) in [5.41, 5.74) is 10.3. The first-order valence-corrected chi connectivity index (χ1v) is 11.9. The highest BCUT2D eigenvalue weighted by molar-refractivity contribution is 14.1. The summed E-state index contributed by atoms with van der Waals surface area (Å²) in [6, 6.07) is 28.5. The number of nitrogens with zero attached hydrogens (tertiary/aromatic N) is 2. The first-order valence-electron chi connectivity index (χ1n) is 10.9. The van der Waals surface area contributed by atoms with Gasteiger partial charge in [-0.1, -0.05) is 72.8 Å². The molecular formula is C27H26IN3O2. The van der Waals surface area contributed by atoms with E-state index in [1.807, 2.05) is 60.7 Å². The number of benzene rings is 3. The normalized spacial score (nSPS) is 11.7. The predicted octanol–water partition coefficient (Wildman–Crippen LogP) is 5.52. The van der Waals surface area contributed by atoms with Gasteiger partial charge < -0.3 is 15.2 Å². The van der Waals surface area contributed by atoms with Gasteiger partial charge in [0.05, 0.1) is 5.69 Å². The largest absolute Gasteiger partial charge is 0.482 e. The second-order valence-corrected chi connectivity index (χ2v) is 8.95. The molecule has 2 N–H and O–H groups in total. The molecule has 33 heavy (non-hydrogen) atoms. The van der Waals surface area contributed by atoms with Crippen molar-refractivity contribution in [2.24, 2.45) is 5.73 Å². The minimum absolute atomic E-state index is 0.0297. The number of hydrogen-bond acceptors (Lipinski definition) is 5. The zero-order valence-corrected chi connectivity index (χ0v) is 20.4. The molecule has 168 valence electrons. The minimum Gasteiger partial charge on any atom is -0.482 e. The Balaban J connectivity index is 1.62. The molecule has 1 heterocycles. The van der Waals surface area contributed by atoms with Crippen LogP contribution < -0.4 is 15.2 Å². The number of ether oxygens (including phenoxy) is 2. The van der Waals surface area contributed by atoms with Gasteiger partial charge in [0, 0.05) is 16.0 Å². The van der Waals surface area contributed by atoms with Crippen LogP contribution in [0.3, 0.4) is 0 Å². The molecule has 3 aromatic carbocycles. The smallest absolute Gasteiger partial charge is 0.260 e. The van der Waals surface area contributed by atoms with Gasteiger partial charge in [0.15, 0.2) is 0 Å². The Hall–Kier alpha value is -2.97. The Labute approximate surface area is 208 Å². The van der Waals surface area contributed by atoms with Crippen molar-refractivity contribution < 1.29 is 9.47 Å². The van der Waals surface area contributed by atoms with Crippen molar-refractivity contribution in [3.05, 3.63) is 117 Å². The first kappa shape index (κ1) is 23.2. The molecule has 0 saturated carbocycles. The molecule has 0 saturated heterocycles. The summed E-state index contributed by atoms with van der Waals surface area (Å²) in [4.78, 5) is 9.00. The van der Waals surface area contributed by atoms with Gasteiger partial charge in [-0.3, -0.25) is 0 Å². The van der Waals surface area contributed by atoms with Gasteiger partial charge in [-0.15, -0.1) is 0 Å². The molecule has 0 radical (unpaired) electrons. The number of halogens is 1. The molecule has 0 spiro atoms. The molecule has 0 bridgehead atoms. The summed E-state index contributed by atoms with van der Waals surface area (Å²) < 4.78 is 13.6. The van der Waals surface area contributed by atoms with Crippen molar-refractivity contribution in [3.8, 4) is 11.6 Å². The molecule has 5 nitrogen and oxygen atoms in total. The van der Waals surface area contributed by atoms with E-state index in [0.29, 0.717) is 31.4 Å². The van der Waals surface area contributed by atoms with Crippen LogP contribution in [0, 0.1) is 3.57 Å². The fourth-order valence-corrected chi connectivity index (χ4v) is 3.91. The van der Waals surface area contributed by atoms with Crippen LogP contribution in [0.2, 0.25) is 0 Å². The topological polar surface area (TPSA) is 70.3 Å². The van der Waals surface area contributed by atoms with E-state index in [-0.39, 0.29) is 5.92 Å². The van der Waals surface area contributed by atoms with Crippen molar-refractivity contribution in [2.45, 2.75) is 25.6 Å². The molecule has 6 heteroatoms. The molecular weight excluding hydrogens is 525 g/mol. The highest BCUT2D eigenvalue weighted by Crippen LogP contribution is 2.35. The summed E-state index contributed by atoms with van der Waals surface area (Å²) in [6.07, 6.45) is 2.28. The highest BCUT2D eigenvalue weighted by atomic mass is 127. The van der Waals surface area contributed by atoms with E-state index in [9.17, 15) is 0 Å². The van der Waals surface area contributed by atoms with Crippen molar-refractivity contribution >= 4 is 22.6 Å². The number of hydrogen-bond donors (Lipinski definition) is 1. The van der Waals surface area contributed by atoms with Crippen LogP contribution in [0.25, 0.3) is 0 Å². The lowest BCUT2D eigenvalue weighted by molar-refractivity contribution is 0.241. The van der Waals surface area contributed by atoms with E-state index in [4.69, 9.17) is 15.2 Å². The van der Waals surface area contributed by atoms with Crippen molar-refractivity contribution in [2.75, 3.05) is 6.54 Å². The predicted molar refractivity (Wildman–Crippen MR) is 138 cm³/mol. The van der Waals surface area contributed by atoms with Crippen LogP contribution in [-0.2, 0) is 19.6 Å². The van der Waals surface area contributed by atoms with E-state index in [1.165, 1.54) is 15.5 Å². The zero-order chi connectivity index (χ0) is 22.9. The molecule has 0 amide bonds. The van der Waals surface area contributed by atoms with Crippen LogP contribution >= 0.6 is 22.6 Å². The maximum absolute atomic E-state index is 6.28. The molecule has 1 aromatic heterocycles. The second-order valence-electron chi connectivity index (χ2n) is 7.70. The van der Waals surface area contributed by atoms with E-state index in [1.54, 1.807) is 0 Å². The summed E-state index contributed by atoms with van der Waals surface area (Å²) in [5, 5.41) is 0. The van der Waals surface area contributed by atoms with Gasteiger partial charge in [-0.2, -0.15) is 4.98 Å². The summed E-state index contributed by atoms with van der Waals surface area (Å²) in [6.45, 7) is 1.22. The van der Waals surface area contributed by atoms with Crippen molar-refractivity contribution in [1.82, 2.24) is 9.97 Å². The van der Waals surface area contributed by atoms with E-state index >= 15 is 0 Å². The molecule has 1 unspecified atom stereocenters. The van der Waals surface area contributed by atoms with Crippen LogP contribution in [0.4, 0.5) is 0 Å². The van der Waals surface area contributed by atoms with E-state index in [2.05, 4.69) is 56.8 Å². The number of nitrogens with two attached hydrogens (primary N) is 1. The van der Waals surface area contributed by atoms with Crippen LogP contribution in [0.5, 0.6) is 11.6 Å². The van der Waals surface area contributed by atoms with Gasteiger partial charge in [0.1, 0.15) is 19.5 Å². The van der Waals surface area contributed by atoms with Crippen LogP contribution in [-0.4, -0.2) is 16.5 Å². The van der Waals surface area contributed by atoms with Gasteiger partial charge in [-0.05, 0) is 57.8 Å². The molecule has 1 atom stereocenters. The molecule has 0 fully saturated rings. The molecule has 4 rings (SSSR count). The van der Waals surface area contributed by atoms with Crippen molar-refractivity contribution in [1.29, 1.82) is 0 Å². The second kappa shape index (κ2) is 11.8. The average Bonchev–Trinajstić information content (AvgIpc) is 2.87. The fraction of sp³-hybridized carbons (Fsp3) is 0.185. The summed E-state index contributed by atoms with van der Waals surface area (Å²) in [7, 11) is 0. The average molecular weight is 551 g/mol. The monoisotopic (exact) mass is 551 g/mol. The maximum Gasteiger partial charge on any atom is 0.260 e. The Morgan fingerprint density at radius 2 is 1.33 bits per heavy atom. The third-order valence-corrected chi connectivity index (χ3v) is 6.03. The molecule has 0 aliphatic heterocycles. The van der Waals surface area contributed by atoms with Gasteiger partial charge in [0.2, 0.25) is 5.75 Å². The lowest BCUT2D eigenvalue weighted by Gasteiger charge is -2.20. The van der Waals surface area contributed by atoms with Crippen LogP contribution in [0.1, 0.15) is 28.3 Å². The van der Waals surface area contributed by atoms with E-state index in [0.717, 1.165) is 23.2 Å². The van der Waals surface area contributed by atoms with Gasteiger partial charge >= 0.3 is 0 Å². The Kier molecular flexibility index (Phi) is 8.27. The number of aromatic nitrogens is 2. The Bertz CT molecular complexity index is 1140. The summed E-state index contributed by atoms with van der Waals surface area (Å²) >= 11 is 2.31. The fourth-order valence-electron chi connectivity index (χ4n) is 3.55. The third kappa shape index (κ3) is 6.52. The molecule has 4 aromatic rings. The van der Waals surface area contributed by atoms with Crippen LogP contribution in [0.15, 0.2) is 91.3 Å². The zero-order valence-electron chi connectivity index (χ0n) is 18.2. The molecule has 0 aliphatic rings. The maximum atomic E-state index is 6.28. The van der Waals surface area contributed by atoms with Gasteiger partial charge in [-0.25, -0.2) is 4.98 Å².